The molecule has 0 aliphatic rings. The van der Waals surface area contributed by atoms with Gasteiger partial charge in [0.15, 0.2) is 0 Å². The third-order valence-electron chi connectivity index (χ3n) is 12.1. The maximum Gasteiger partial charge on any atom is 0.0793 e. The van der Waals surface area contributed by atoms with Gasteiger partial charge in [-0.25, -0.2) is 0 Å². The quantitative estimate of drug-likeness (QED) is 0.168. The van der Waals surface area contributed by atoms with Crippen LogP contribution in [0.4, 0.5) is 0 Å². The van der Waals surface area contributed by atoms with Crippen LogP contribution in [0.2, 0.25) is 0 Å². The fourth-order valence-corrected chi connectivity index (χ4v) is 9.74. The molecule has 0 saturated carbocycles. The molecule has 0 aliphatic carbocycles. The summed E-state index contributed by atoms with van der Waals surface area (Å²) in [5, 5.41) is 14.4. The topological polar surface area (TPSA) is 25.8 Å². The molecule has 0 amide bonds. The molecule has 0 fully saturated rings. The molecule has 268 valence electrons. The molecule has 10 aromatic carbocycles. The number of benzene rings is 10. The lowest BCUT2D eigenvalue weighted by Crippen LogP contribution is -1.96. The summed E-state index contributed by atoms with van der Waals surface area (Å²) in [5.41, 5.74) is 11.5. The van der Waals surface area contributed by atoms with Crippen LogP contribution in [0, 0.1) is 0 Å². The minimum Gasteiger partial charge on any atom is -0.256 e. The summed E-state index contributed by atoms with van der Waals surface area (Å²) >= 11 is 0. The van der Waals surface area contributed by atoms with E-state index < -0.39 is 0 Å². The molecular formula is C56H34N2. The number of rotatable bonds is 4. The van der Waals surface area contributed by atoms with Gasteiger partial charge in [0.25, 0.3) is 0 Å². The summed E-state index contributed by atoms with van der Waals surface area (Å²) in [6.07, 6.45) is 3.87. The van der Waals surface area contributed by atoms with Crippen LogP contribution in [0.5, 0.6) is 0 Å². The van der Waals surface area contributed by atoms with Crippen LogP contribution in [0.15, 0.2) is 207 Å². The molecule has 2 heteroatoms. The molecule has 0 atom stereocenters. The average Bonchev–Trinajstić information content (AvgIpc) is 3.29. The first kappa shape index (κ1) is 32.6. The van der Waals surface area contributed by atoms with Gasteiger partial charge in [-0.05, 0) is 99.4 Å². The van der Waals surface area contributed by atoms with E-state index in [0.717, 1.165) is 21.8 Å². The third-order valence-corrected chi connectivity index (χ3v) is 12.1. The normalized spacial score (nSPS) is 11.8. The largest absolute Gasteiger partial charge is 0.256 e. The Hall–Kier alpha value is -7.68. The van der Waals surface area contributed by atoms with Crippen molar-refractivity contribution in [1.82, 2.24) is 9.97 Å². The van der Waals surface area contributed by atoms with E-state index in [1.54, 1.807) is 0 Å². The molecule has 2 nitrogen and oxygen atoms in total. The Morgan fingerprint density at radius 3 is 0.948 bits per heavy atom. The summed E-state index contributed by atoms with van der Waals surface area (Å²) in [6, 6.07) is 70.5. The van der Waals surface area contributed by atoms with Crippen molar-refractivity contribution in [3.8, 4) is 44.5 Å². The highest BCUT2D eigenvalue weighted by Gasteiger charge is 2.23. The Morgan fingerprint density at radius 1 is 0.207 bits per heavy atom. The van der Waals surface area contributed by atoms with E-state index in [1.807, 2.05) is 12.4 Å². The van der Waals surface area contributed by atoms with Gasteiger partial charge in [0.2, 0.25) is 0 Å². The van der Waals surface area contributed by atoms with Crippen LogP contribution in [0.1, 0.15) is 0 Å². The zero-order chi connectivity index (χ0) is 38.2. The van der Waals surface area contributed by atoms with E-state index in [0.29, 0.717) is 0 Å². The van der Waals surface area contributed by atoms with Gasteiger partial charge in [0, 0.05) is 34.3 Å². The second-order valence-corrected chi connectivity index (χ2v) is 15.1. The Morgan fingerprint density at radius 2 is 0.517 bits per heavy atom. The first-order valence-electron chi connectivity index (χ1n) is 19.9. The van der Waals surface area contributed by atoms with Crippen molar-refractivity contribution in [3.63, 3.8) is 0 Å². The smallest absolute Gasteiger partial charge is 0.0793 e. The summed E-state index contributed by atoms with van der Waals surface area (Å²) in [4.78, 5) is 10.3. The van der Waals surface area contributed by atoms with Crippen LogP contribution >= 0.6 is 0 Å². The molecule has 12 rings (SSSR count). The van der Waals surface area contributed by atoms with Crippen LogP contribution < -0.4 is 0 Å². The van der Waals surface area contributed by atoms with Crippen LogP contribution in [0.25, 0.3) is 120 Å². The molecule has 12 aromatic rings. The molecule has 0 saturated heterocycles. The highest BCUT2D eigenvalue weighted by atomic mass is 14.7. The highest BCUT2D eigenvalue weighted by molar-refractivity contribution is 6.27. The number of hydrogen-bond donors (Lipinski definition) is 0. The maximum absolute atomic E-state index is 5.16. The highest BCUT2D eigenvalue weighted by Crippen LogP contribution is 2.50. The van der Waals surface area contributed by atoms with Crippen molar-refractivity contribution < 1.29 is 0 Å². The first-order valence-corrected chi connectivity index (χ1v) is 19.9. The SMILES string of the molecule is c1ccc2c(-c3c4ccccc4c(-c4ccc(-c5c6ccccc6c(-c6cccc7ccccc67)c6ncccc56)c5ccccc45)c4cccnc34)cccc2c1. The van der Waals surface area contributed by atoms with E-state index in [9.17, 15) is 0 Å². The maximum atomic E-state index is 5.16. The second kappa shape index (κ2) is 12.9. The number of fused-ring (bicyclic) bond motifs is 7. The second-order valence-electron chi connectivity index (χ2n) is 15.1. The Kier molecular flexibility index (Phi) is 7.26. The van der Waals surface area contributed by atoms with Gasteiger partial charge in [-0.3, -0.25) is 9.97 Å². The Balaban J connectivity index is 1.16. The Labute approximate surface area is 335 Å². The number of aromatic nitrogens is 2. The predicted molar refractivity (Wildman–Crippen MR) is 246 cm³/mol. The fraction of sp³-hybridized carbons (Fsp3) is 0. The fourth-order valence-electron chi connectivity index (χ4n) is 9.74. The van der Waals surface area contributed by atoms with Gasteiger partial charge in [-0.2, -0.15) is 0 Å². The molecule has 0 spiro atoms. The molecule has 2 heterocycles. The van der Waals surface area contributed by atoms with Crippen molar-refractivity contribution in [2.24, 2.45) is 0 Å². The van der Waals surface area contributed by atoms with E-state index in [1.165, 1.54) is 98.4 Å². The lowest BCUT2D eigenvalue weighted by Gasteiger charge is -2.21. The van der Waals surface area contributed by atoms with Gasteiger partial charge in [-0.15, -0.1) is 0 Å². The zero-order valence-electron chi connectivity index (χ0n) is 31.5. The van der Waals surface area contributed by atoms with Crippen molar-refractivity contribution in [3.05, 3.63) is 207 Å². The molecule has 0 radical (unpaired) electrons. The summed E-state index contributed by atoms with van der Waals surface area (Å²) in [5.74, 6) is 0. The number of hydrogen-bond acceptors (Lipinski definition) is 2. The van der Waals surface area contributed by atoms with Crippen molar-refractivity contribution >= 4 is 75.7 Å². The average molecular weight is 735 g/mol. The molecule has 0 N–H and O–H groups in total. The van der Waals surface area contributed by atoms with Crippen LogP contribution in [-0.2, 0) is 0 Å². The lowest BCUT2D eigenvalue weighted by atomic mass is 9.82. The summed E-state index contributed by atoms with van der Waals surface area (Å²) < 4.78 is 0. The van der Waals surface area contributed by atoms with E-state index in [4.69, 9.17) is 9.97 Å². The van der Waals surface area contributed by atoms with Gasteiger partial charge < -0.3 is 0 Å². The minimum absolute atomic E-state index is 1.01. The molecule has 0 aliphatic heterocycles. The Bertz CT molecular complexity index is 3270. The van der Waals surface area contributed by atoms with E-state index in [2.05, 4.69) is 194 Å². The lowest BCUT2D eigenvalue weighted by molar-refractivity contribution is 1.42. The summed E-state index contributed by atoms with van der Waals surface area (Å²) in [7, 11) is 0. The standard InChI is InChI=1S/C56H34N2/c1-3-19-37-35(15-1)17-11-27-41(37)53-45-25-9-7-23-43(45)51(49-29-13-33-57-55(49)53)47-31-32-48(40-22-6-5-21-39(40)47)52-44-24-8-10-26-46(44)54(56-50(52)30-14-34-58-56)42-28-12-18-36-16-2-4-20-38(36)42/h1-34H. The van der Waals surface area contributed by atoms with Gasteiger partial charge in [-0.1, -0.05) is 182 Å². The zero-order valence-corrected chi connectivity index (χ0v) is 31.5. The number of nitrogens with zero attached hydrogens (tertiary/aromatic N) is 2. The first-order chi connectivity index (χ1) is 28.8. The van der Waals surface area contributed by atoms with Crippen molar-refractivity contribution in [2.45, 2.75) is 0 Å². The van der Waals surface area contributed by atoms with Gasteiger partial charge in [0.05, 0.1) is 11.0 Å². The van der Waals surface area contributed by atoms with E-state index in [-0.39, 0.29) is 0 Å². The van der Waals surface area contributed by atoms with E-state index >= 15 is 0 Å². The monoisotopic (exact) mass is 734 g/mol. The number of pyridine rings is 2. The van der Waals surface area contributed by atoms with Gasteiger partial charge >= 0.3 is 0 Å². The molecule has 0 bridgehead atoms. The predicted octanol–water partition coefficient (Wildman–Crippen LogP) is 15.2. The van der Waals surface area contributed by atoms with Crippen LogP contribution in [-0.4, -0.2) is 9.97 Å². The molecule has 0 unspecified atom stereocenters. The summed E-state index contributed by atoms with van der Waals surface area (Å²) in [6.45, 7) is 0. The molecule has 2 aromatic heterocycles. The molecule has 58 heavy (non-hydrogen) atoms. The third kappa shape index (κ3) is 4.79. The molecular weight excluding hydrogens is 701 g/mol. The van der Waals surface area contributed by atoms with Crippen molar-refractivity contribution in [1.29, 1.82) is 0 Å². The van der Waals surface area contributed by atoms with Crippen LogP contribution in [0.3, 0.4) is 0 Å². The van der Waals surface area contributed by atoms with Gasteiger partial charge in [0.1, 0.15) is 0 Å². The van der Waals surface area contributed by atoms with Crippen molar-refractivity contribution in [2.75, 3.05) is 0 Å². The minimum atomic E-state index is 1.01.